The molecule has 3 aromatic rings. The number of hydrogen-bond acceptors (Lipinski definition) is 4. The van der Waals surface area contributed by atoms with Gasteiger partial charge >= 0.3 is 0 Å². The van der Waals surface area contributed by atoms with E-state index in [0.29, 0.717) is 11.4 Å². The van der Waals surface area contributed by atoms with Gasteiger partial charge in [0.1, 0.15) is 6.04 Å². The van der Waals surface area contributed by atoms with Gasteiger partial charge in [0, 0.05) is 11.9 Å². The fourth-order valence-corrected chi connectivity index (χ4v) is 5.43. The maximum atomic E-state index is 13.7. The second kappa shape index (κ2) is 7.45. The first-order valence-electron chi connectivity index (χ1n) is 11.0. The molecule has 6 nitrogen and oxygen atoms in total. The SMILES string of the molecule is O=C(Nc1ccccc1)[C@@H]1[C@@H]2C(=O)N(c3ccccc3)C(=O)[C@@H]2[C@H]2c3ccccc3C=CN12. The van der Waals surface area contributed by atoms with E-state index in [1.54, 1.807) is 36.4 Å². The fraction of sp³-hybridized carbons (Fsp3) is 0.148. The van der Waals surface area contributed by atoms with E-state index in [1.165, 1.54) is 4.90 Å². The average molecular weight is 435 g/mol. The molecule has 6 rings (SSSR count). The summed E-state index contributed by atoms with van der Waals surface area (Å²) in [5, 5.41) is 2.95. The van der Waals surface area contributed by atoms with Gasteiger partial charge in [-0.1, -0.05) is 60.7 Å². The van der Waals surface area contributed by atoms with Crippen LogP contribution < -0.4 is 10.2 Å². The third kappa shape index (κ3) is 2.91. The summed E-state index contributed by atoms with van der Waals surface area (Å²) in [6, 6.07) is 24.8. The Labute approximate surface area is 191 Å². The maximum absolute atomic E-state index is 13.7. The van der Waals surface area contributed by atoms with E-state index < -0.39 is 17.9 Å². The Morgan fingerprint density at radius 3 is 2.15 bits per heavy atom. The van der Waals surface area contributed by atoms with E-state index >= 15 is 0 Å². The lowest BCUT2D eigenvalue weighted by Gasteiger charge is -2.35. The Bertz CT molecular complexity index is 1290. The van der Waals surface area contributed by atoms with E-state index in [0.717, 1.165) is 11.1 Å². The number of nitrogens with zero attached hydrogens (tertiary/aromatic N) is 2. The van der Waals surface area contributed by atoms with Gasteiger partial charge in [0.2, 0.25) is 17.7 Å². The monoisotopic (exact) mass is 435 g/mol. The largest absolute Gasteiger partial charge is 0.357 e. The van der Waals surface area contributed by atoms with Crippen LogP contribution in [0.1, 0.15) is 17.2 Å². The molecule has 3 heterocycles. The zero-order chi connectivity index (χ0) is 22.5. The number of anilines is 2. The lowest BCUT2D eigenvalue weighted by atomic mass is 9.84. The molecule has 2 saturated heterocycles. The number of nitrogens with one attached hydrogen (secondary N) is 1. The van der Waals surface area contributed by atoms with Crippen molar-refractivity contribution in [3.8, 4) is 0 Å². The van der Waals surface area contributed by atoms with Crippen molar-refractivity contribution in [1.29, 1.82) is 0 Å². The van der Waals surface area contributed by atoms with E-state index in [9.17, 15) is 14.4 Å². The van der Waals surface area contributed by atoms with Crippen LogP contribution in [0.25, 0.3) is 6.08 Å². The highest BCUT2D eigenvalue weighted by Crippen LogP contribution is 2.53. The second-order valence-electron chi connectivity index (χ2n) is 8.54. The van der Waals surface area contributed by atoms with Crippen molar-refractivity contribution in [3.05, 3.63) is 102 Å². The van der Waals surface area contributed by atoms with Gasteiger partial charge in [-0.2, -0.15) is 0 Å². The van der Waals surface area contributed by atoms with Crippen molar-refractivity contribution in [1.82, 2.24) is 4.90 Å². The number of imide groups is 1. The number of para-hydroxylation sites is 2. The number of hydrogen-bond donors (Lipinski definition) is 1. The van der Waals surface area contributed by atoms with E-state index in [-0.39, 0.29) is 23.8 Å². The summed E-state index contributed by atoms with van der Waals surface area (Å²) in [5.74, 6) is -2.30. The Kier molecular flexibility index (Phi) is 4.40. The highest BCUT2D eigenvalue weighted by atomic mass is 16.2. The third-order valence-electron chi connectivity index (χ3n) is 6.79. The first-order chi connectivity index (χ1) is 16.1. The normalized spacial score (nSPS) is 25.0. The molecule has 3 aromatic carbocycles. The van der Waals surface area contributed by atoms with Crippen molar-refractivity contribution < 1.29 is 14.4 Å². The molecule has 4 atom stereocenters. The lowest BCUT2D eigenvalue weighted by molar-refractivity contribution is -0.128. The van der Waals surface area contributed by atoms with Crippen LogP contribution in [-0.4, -0.2) is 28.7 Å². The predicted octanol–water partition coefficient (Wildman–Crippen LogP) is 3.84. The molecule has 1 N–H and O–H groups in total. The molecule has 162 valence electrons. The Morgan fingerprint density at radius 1 is 0.758 bits per heavy atom. The summed E-state index contributed by atoms with van der Waals surface area (Å²) < 4.78 is 0. The van der Waals surface area contributed by atoms with Gasteiger partial charge in [0.15, 0.2) is 0 Å². The Balaban J connectivity index is 1.45. The molecular weight excluding hydrogens is 414 g/mol. The smallest absolute Gasteiger partial charge is 0.247 e. The van der Waals surface area contributed by atoms with Crippen LogP contribution in [0, 0.1) is 11.8 Å². The van der Waals surface area contributed by atoms with E-state index in [4.69, 9.17) is 0 Å². The number of benzene rings is 3. The van der Waals surface area contributed by atoms with Gasteiger partial charge in [-0.05, 0) is 41.5 Å². The van der Waals surface area contributed by atoms with E-state index in [2.05, 4.69) is 5.32 Å². The van der Waals surface area contributed by atoms with Crippen molar-refractivity contribution in [3.63, 3.8) is 0 Å². The molecule has 6 heteroatoms. The molecule has 0 spiro atoms. The van der Waals surface area contributed by atoms with Crippen molar-refractivity contribution in [2.75, 3.05) is 10.2 Å². The standard InChI is InChI=1S/C27H21N3O3/c31-25(28-18-10-3-1-4-11-18)24-22-21(23-20-14-8-7-9-17(20)15-16-29(23)24)26(32)30(27(22)33)19-12-5-2-6-13-19/h1-16,21-24H,(H,28,31)/t21-,22+,23+,24-/m0/s1. The lowest BCUT2D eigenvalue weighted by Crippen LogP contribution is -2.46. The summed E-state index contributed by atoms with van der Waals surface area (Å²) in [6.07, 6.45) is 3.80. The molecule has 2 fully saturated rings. The maximum Gasteiger partial charge on any atom is 0.247 e. The Morgan fingerprint density at radius 2 is 1.39 bits per heavy atom. The van der Waals surface area contributed by atoms with Gasteiger partial charge in [-0.25, -0.2) is 4.90 Å². The topological polar surface area (TPSA) is 69.7 Å². The van der Waals surface area contributed by atoms with Crippen LogP contribution in [0.15, 0.2) is 91.1 Å². The first-order valence-corrected chi connectivity index (χ1v) is 11.0. The highest BCUT2D eigenvalue weighted by molar-refractivity contribution is 6.24. The predicted molar refractivity (Wildman–Crippen MR) is 125 cm³/mol. The van der Waals surface area contributed by atoms with Crippen LogP contribution in [0.5, 0.6) is 0 Å². The number of carbonyl (C=O) groups excluding carboxylic acids is 3. The Hall–Kier alpha value is -4.19. The fourth-order valence-electron chi connectivity index (χ4n) is 5.43. The summed E-state index contributed by atoms with van der Waals surface area (Å²) in [6.45, 7) is 0. The number of rotatable bonds is 3. The number of fused-ring (bicyclic) bond motifs is 5. The second-order valence-corrected chi connectivity index (χ2v) is 8.54. The molecule has 0 unspecified atom stereocenters. The molecule has 0 bridgehead atoms. The quantitative estimate of drug-likeness (QED) is 0.635. The molecule has 3 amide bonds. The van der Waals surface area contributed by atoms with Crippen LogP contribution in [0.2, 0.25) is 0 Å². The zero-order valence-corrected chi connectivity index (χ0v) is 17.7. The van der Waals surface area contributed by atoms with Crippen LogP contribution >= 0.6 is 0 Å². The molecule has 3 aliphatic heterocycles. The van der Waals surface area contributed by atoms with Crippen LogP contribution in [0.3, 0.4) is 0 Å². The van der Waals surface area contributed by atoms with Gasteiger partial charge < -0.3 is 10.2 Å². The zero-order valence-electron chi connectivity index (χ0n) is 17.7. The summed E-state index contributed by atoms with van der Waals surface area (Å²) >= 11 is 0. The summed E-state index contributed by atoms with van der Waals surface area (Å²) in [7, 11) is 0. The molecular formula is C27H21N3O3. The number of carbonyl (C=O) groups is 3. The van der Waals surface area contributed by atoms with E-state index in [1.807, 2.05) is 65.7 Å². The average Bonchev–Trinajstić information content (AvgIpc) is 3.33. The van der Waals surface area contributed by atoms with Gasteiger partial charge in [-0.15, -0.1) is 0 Å². The highest BCUT2D eigenvalue weighted by Gasteiger charge is 2.64. The minimum Gasteiger partial charge on any atom is -0.357 e. The van der Waals surface area contributed by atoms with Gasteiger partial charge in [0.25, 0.3) is 0 Å². The number of amides is 3. The van der Waals surface area contributed by atoms with Crippen molar-refractivity contribution in [2.45, 2.75) is 12.1 Å². The van der Waals surface area contributed by atoms with Crippen molar-refractivity contribution >= 4 is 35.2 Å². The van der Waals surface area contributed by atoms with Crippen LogP contribution in [-0.2, 0) is 14.4 Å². The molecule has 33 heavy (non-hydrogen) atoms. The first kappa shape index (κ1) is 19.5. The van der Waals surface area contributed by atoms with Gasteiger partial charge in [0.05, 0.1) is 23.6 Å². The molecule has 0 aliphatic carbocycles. The summed E-state index contributed by atoms with van der Waals surface area (Å²) in [5.41, 5.74) is 3.15. The minimum atomic E-state index is -0.796. The third-order valence-corrected chi connectivity index (χ3v) is 6.79. The van der Waals surface area contributed by atoms with Crippen LogP contribution in [0.4, 0.5) is 11.4 Å². The molecule has 3 aliphatic rings. The van der Waals surface area contributed by atoms with Crippen molar-refractivity contribution in [2.24, 2.45) is 11.8 Å². The molecule has 0 aromatic heterocycles. The van der Waals surface area contributed by atoms with Gasteiger partial charge in [-0.3, -0.25) is 14.4 Å². The molecule has 0 radical (unpaired) electrons. The summed E-state index contributed by atoms with van der Waals surface area (Å²) in [4.78, 5) is 44.1. The minimum absolute atomic E-state index is 0.258. The molecule has 0 saturated carbocycles.